The zero-order valence-electron chi connectivity index (χ0n) is 17.7. The summed E-state index contributed by atoms with van der Waals surface area (Å²) in [6, 6.07) is -1.21. The van der Waals surface area contributed by atoms with Crippen molar-refractivity contribution in [2.24, 2.45) is 5.73 Å². The average Bonchev–Trinajstić information content (AvgIpc) is 3.38. The lowest BCUT2D eigenvalue weighted by Gasteiger charge is -2.21. The molecule has 170 valence electrons. The maximum atomic E-state index is 11.9. The number of aromatic nitrogens is 3. The molecule has 0 saturated heterocycles. The van der Waals surface area contributed by atoms with Crippen LogP contribution in [0.3, 0.4) is 0 Å². The van der Waals surface area contributed by atoms with Crippen LogP contribution in [0.25, 0.3) is 22.3 Å². The third-order valence-electron chi connectivity index (χ3n) is 3.89. The van der Waals surface area contributed by atoms with Gasteiger partial charge >= 0.3 is 12.1 Å². The Balaban J connectivity index is 1.75. The molecule has 0 bridgehead atoms. The second kappa shape index (κ2) is 9.04. The van der Waals surface area contributed by atoms with E-state index in [1.54, 1.807) is 33.1 Å². The zero-order chi connectivity index (χ0) is 23.6. The van der Waals surface area contributed by atoms with Crippen molar-refractivity contribution in [2.45, 2.75) is 45.8 Å². The number of aryl methyl sites for hydroxylation is 1. The van der Waals surface area contributed by atoms with Crippen molar-refractivity contribution in [2.75, 3.05) is 0 Å². The summed E-state index contributed by atoms with van der Waals surface area (Å²) in [5, 5.41) is 15.9. The molecule has 3 aromatic heterocycles. The second-order valence-corrected chi connectivity index (χ2v) is 9.49. The summed E-state index contributed by atoms with van der Waals surface area (Å²) in [6.45, 7) is 6.75. The summed E-state index contributed by atoms with van der Waals surface area (Å²) in [5.41, 5.74) is 5.50. The number of ether oxygens (including phenoxy) is 1. The van der Waals surface area contributed by atoms with Crippen LogP contribution in [0.1, 0.15) is 42.0 Å². The molecular formula is C19H21N5O6S2. The van der Waals surface area contributed by atoms with Crippen LogP contribution in [0.2, 0.25) is 0 Å². The number of carbonyl (C=O) groups is 3. The highest BCUT2D eigenvalue weighted by atomic mass is 32.1. The van der Waals surface area contributed by atoms with Crippen LogP contribution in [0.5, 0.6) is 0 Å². The maximum Gasteiger partial charge on any atom is 0.408 e. The Labute approximate surface area is 190 Å². The number of hydrogen-bond donors (Lipinski definition) is 3. The van der Waals surface area contributed by atoms with Gasteiger partial charge in [0.1, 0.15) is 39.5 Å². The fraction of sp³-hybridized carbons (Fsp3) is 0.368. The number of carbonyl (C=O) groups excluding carboxylic acids is 2. The molecule has 0 unspecified atom stereocenters. The van der Waals surface area contributed by atoms with Gasteiger partial charge in [0.25, 0.3) is 5.91 Å². The van der Waals surface area contributed by atoms with Crippen LogP contribution in [0.15, 0.2) is 15.2 Å². The van der Waals surface area contributed by atoms with Crippen LogP contribution in [0, 0.1) is 6.92 Å². The molecule has 3 heterocycles. The van der Waals surface area contributed by atoms with Crippen LogP contribution in [-0.2, 0) is 16.0 Å². The molecule has 0 radical (unpaired) electrons. The van der Waals surface area contributed by atoms with Crippen molar-refractivity contribution >= 4 is 40.6 Å². The number of oxazole rings is 1. The molecule has 2 amide bonds. The molecular weight excluding hydrogens is 458 g/mol. The number of rotatable bonds is 7. The van der Waals surface area contributed by atoms with Gasteiger partial charge in [0, 0.05) is 17.2 Å². The maximum absolute atomic E-state index is 11.9. The van der Waals surface area contributed by atoms with Crippen molar-refractivity contribution in [1.82, 2.24) is 20.3 Å². The van der Waals surface area contributed by atoms with E-state index in [0.29, 0.717) is 27.2 Å². The van der Waals surface area contributed by atoms with Gasteiger partial charge in [-0.1, -0.05) is 0 Å². The summed E-state index contributed by atoms with van der Waals surface area (Å²) in [6.07, 6.45) is -0.867. The fourth-order valence-corrected chi connectivity index (χ4v) is 4.19. The summed E-state index contributed by atoms with van der Waals surface area (Å²) in [4.78, 5) is 47.7. The quantitative estimate of drug-likeness (QED) is 0.461. The molecule has 0 fully saturated rings. The predicted molar refractivity (Wildman–Crippen MR) is 116 cm³/mol. The monoisotopic (exact) mass is 479 g/mol. The molecule has 3 rings (SSSR count). The topological polar surface area (TPSA) is 171 Å². The van der Waals surface area contributed by atoms with Gasteiger partial charge in [-0.05, 0) is 27.7 Å². The first-order valence-corrected chi connectivity index (χ1v) is 11.1. The first-order chi connectivity index (χ1) is 14.9. The third kappa shape index (κ3) is 5.68. The van der Waals surface area contributed by atoms with Gasteiger partial charge in [0.2, 0.25) is 5.89 Å². The van der Waals surface area contributed by atoms with Crippen LogP contribution in [0.4, 0.5) is 4.79 Å². The highest BCUT2D eigenvalue weighted by Gasteiger charge is 2.26. The Hall–Kier alpha value is -3.32. The number of nitrogens with one attached hydrogen (secondary N) is 1. The number of aliphatic carboxylic acids is 1. The van der Waals surface area contributed by atoms with Gasteiger partial charge in [0.05, 0.1) is 5.01 Å². The number of hydrogen-bond acceptors (Lipinski definition) is 10. The van der Waals surface area contributed by atoms with Gasteiger partial charge < -0.3 is 25.3 Å². The number of nitrogens with zero attached hydrogens (tertiary/aromatic N) is 3. The first-order valence-electron chi connectivity index (χ1n) is 9.33. The highest BCUT2D eigenvalue weighted by Crippen LogP contribution is 2.31. The lowest BCUT2D eigenvalue weighted by Crippen LogP contribution is -2.44. The Morgan fingerprint density at radius 3 is 2.53 bits per heavy atom. The van der Waals surface area contributed by atoms with E-state index in [4.69, 9.17) is 14.9 Å². The van der Waals surface area contributed by atoms with Gasteiger partial charge in [-0.3, -0.25) is 4.79 Å². The second-order valence-electron chi connectivity index (χ2n) is 7.69. The van der Waals surface area contributed by atoms with Gasteiger partial charge in [-0.15, -0.1) is 22.7 Å². The molecule has 1 atom stereocenters. The summed E-state index contributed by atoms with van der Waals surface area (Å²) in [5.74, 6) is -1.14. The molecule has 0 aliphatic heterocycles. The molecule has 4 N–H and O–H groups in total. The van der Waals surface area contributed by atoms with E-state index in [9.17, 15) is 19.5 Å². The number of alkyl carbamates (subject to hydrolysis) is 1. The number of carboxylic acids is 1. The molecule has 0 aliphatic carbocycles. The normalized spacial score (nSPS) is 12.4. The van der Waals surface area contributed by atoms with Crippen molar-refractivity contribution in [1.29, 1.82) is 0 Å². The standard InChI is InChI=1S/C19H21N5O6S2/c1-8-13(16-22-10(6-32-16)14(20)25)24-15(29-8)11-7-31-12(21-11)5-9(17(26)27)23-18(28)30-19(2,3)4/h6-7,9H,5H2,1-4H3,(H2,20,25)(H,23,28)(H,26,27)/t9-/m0/s1. The molecule has 11 nitrogen and oxygen atoms in total. The van der Waals surface area contributed by atoms with Crippen LogP contribution in [-0.4, -0.2) is 49.7 Å². The molecule has 3 aromatic rings. The van der Waals surface area contributed by atoms with E-state index in [0.717, 1.165) is 0 Å². The number of nitrogens with two attached hydrogens (primary N) is 1. The number of amides is 2. The van der Waals surface area contributed by atoms with E-state index < -0.39 is 29.6 Å². The average molecular weight is 480 g/mol. The minimum absolute atomic E-state index is 0.0414. The third-order valence-corrected chi connectivity index (χ3v) is 5.61. The Kier molecular flexibility index (Phi) is 6.60. The van der Waals surface area contributed by atoms with Crippen molar-refractivity contribution in [3.63, 3.8) is 0 Å². The number of carboxylic acid groups (broad SMARTS) is 1. The Morgan fingerprint density at radius 2 is 1.94 bits per heavy atom. The molecule has 0 saturated carbocycles. The molecule has 0 aliphatic rings. The molecule has 0 spiro atoms. The highest BCUT2D eigenvalue weighted by molar-refractivity contribution is 7.13. The minimum Gasteiger partial charge on any atom is -0.480 e. The molecule has 13 heteroatoms. The first kappa shape index (κ1) is 23.3. The van der Waals surface area contributed by atoms with E-state index in [1.165, 1.54) is 28.1 Å². The van der Waals surface area contributed by atoms with Crippen LogP contribution >= 0.6 is 22.7 Å². The van der Waals surface area contributed by atoms with Crippen molar-refractivity contribution in [3.05, 3.63) is 27.2 Å². The largest absolute Gasteiger partial charge is 0.480 e. The number of primary amides is 1. The summed E-state index contributed by atoms with van der Waals surface area (Å²) in [7, 11) is 0. The lowest BCUT2D eigenvalue weighted by molar-refractivity contribution is -0.139. The predicted octanol–water partition coefficient (Wildman–Crippen LogP) is 2.85. The van der Waals surface area contributed by atoms with E-state index >= 15 is 0 Å². The lowest BCUT2D eigenvalue weighted by atomic mass is 10.2. The summed E-state index contributed by atoms with van der Waals surface area (Å²) >= 11 is 2.42. The zero-order valence-corrected chi connectivity index (χ0v) is 19.3. The van der Waals surface area contributed by atoms with Gasteiger partial charge in [-0.2, -0.15) is 0 Å². The Bertz CT molecular complexity index is 1160. The van der Waals surface area contributed by atoms with E-state index in [2.05, 4.69) is 20.3 Å². The summed E-state index contributed by atoms with van der Waals surface area (Å²) < 4.78 is 10.8. The van der Waals surface area contributed by atoms with E-state index in [-0.39, 0.29) is 18.0 Å². The van der Waals surface area contributed by atoms with Gasteiger partial charge in [-0.25, -0.2) is 24.5 Å². The van der Waals surface area contributed by atoms with Gasteiger partial charge in [0.15, 0.2) is 0 Å². The molecule has 32 heavy (non-hydrogen) atoms. The van der Waals surface area contributed by atoms with Crippen molar-refractivity contribution < 1.29 is 28.6 Å². The SMILES string of the molecule is Cc1oc(-c2csc(C[C@H](NC(=O)OC(C)(C)C)C(=O)O)n2)nc1-c1nc(C(N)=O)cs1. The Morgan fingerprint density at radius 1 is 1.22 bits per heavy atom. The van der Waals surface area contributed by atoms with Crippen molar-refractivity contribution in [3.8, 4) is 22.3 Å². The van der Waals surface area contributed by atoms with Crippen LogP contribution < -0.4 is 11.1 Å². The fourth-order valence-electron chi connectivity index (χ4n) is 2.53. The smallest absolute Gasteiger partial charge is 0.408 e. The minimum atomic E-state index is -1.21. The number of thiazole rings is 2. The molecule has 0 aromatic carbocycles. The van der Waals surface area contributed by atoms with E-state index in [1.807, 2.05) is 0 Å².